The van der Waals surface area contributed by atoms with Gasteiger partial charge in [0.25, 0.3) is 0 Å². The topological polar surface area (TPSA) is 76.0 Å². The fraction of sp³-hybridized carbons (Fsp3) is 0.500. The van der Waals surface area contributed by atoms with Crippen LogP contribution in [-0.4, -0.2) is 36.0 Å². The smallest absolute Gasteiger partial charge is 0.333 e. The average molecular weight is 322 g/mol. The number of aliphatic hydroxyl groups excluding tert-OH is 2. The first-order valence-corrected chi connectivity index (χ1v) is 7.78. The lowest BCUT2D eigenvalue weighted by Crippen LogP contribution is -2.15. The molecular formula is C18H26O5. The molecule has 0 saturated heterocycles. The number of aliphatic hydroxyl groups is 2. The SMILES string of the molecule is CCOC(=O)/C(C)=C(\C)[C@@H](C)[C@H](O)c1ccc(OCCO)cc1. The van der Waals surface area contributed by atoms with Gasteiger partial charge in [-0.2, -0.15) is 0 Å². The van der Waals surface area contributed by atoms with E-state index in [4.69, 9.17) is 14.6 Å². The van der Waals surface area contributed by atoms with Gasteiger partial charge in [-0.1, -0.05) is 24.6 Å². The van der Waals surface area contributed by atoms with Crippen molar-refractivity contribution in [2.75, 3.05) is 19.8 Å². The third-order valence-corrected chi connectivity index (χ3v) is 3.91. The van der Waals surface area contributed by atoms with Crippen molar-refractivity contribution in [3.63, 3.8) is 0 Å². The lowest BCUT2D eigenvalue weighted by Gasteiger charge is -2.22. The highest BCUT2D eigenvalue weighted by atomic mass is 16.5. The van der Waals surface area contributed by atoms with Gasteiger partial charge in [0.05, 0.1) is 19.3 Å². The van der Waals surface area contributed by atoms with E-state index in [1.165, 1.54) is 0 Å². The summed E-state index contributed by atoms with van der Waals surface area (Å²) in [5.74, 6) is 0.0676. The van der Waals surface area contributed by atoms with E-state index in [0.717, 1.165) is 11.1 Å². The van der Waals surface area contributed by atoms with E-state index in [0.29, 0.717) is 17.9 Å². The molecule has 0 amide bonds. The summed E-state index contributed by atoms with van der Waals surface area (Å²) in [5, 5.41) is 19.3. The predicted octanol–water partition coefficient (Wildman–Crippen LogP) is 2.63. The Morgan fingerprint density at radius 1 is 1.22 bits per heavy atom. The molecule has 0 saturated carbocycles. The maximum absolute atomic E-state index is 11.8. The fourth-order valence-electron chi connectivity index (χ4n) is 2.19. The second kappa shape index (κ2) is 9.33. The lowest BCUT2D eigenvalue weighted by atomic mass is 9.89. The molecule has 0 bridgehead atoms. The van der Waals surface area contributed by atoms with E-state index in [1.54, 1.807) is 38.1 Å². The van der Waals surface area contributed by atoms with Crippen LogP contribution in [-0.2, 0) is 9.53 Å². The minimum atomic E-state index is -0.730. The lowest BCUT2D eigenvalue weighted by molar-refractivity contribution is -0.138. The quantitative estimate of drug-likeness (QED) is 0.568. The van der Waals surface area contributed by atoms with Gasteiger partial charge in [-0.05, 0) is 38.5 Å². The van der Waals surface area contributed by atoms with Crippen molar-refractivity contribution < 1.29 is 24.5 Å². The number of hydrogen-bond donors (Lipinski definition) is 2. The molecule has 2 N–H and O–H groups in total. The Kier molecular flexibility index (Phi) is 7.78. The van der Waals surface area contributed by atoms with Gasteiger partial charge in [-0.25, -0.2) is 4.79 Å². The molecule has 128 valence electrons. The van der Waals surface area contributed by atoms with Crippen molar-refractivity contribution in [3.8, 4) is 5.75 Å². The van der Waals surface area contributed by atoms with E-state index >= 15 is 0 Å². The summed E-state index contributed by atoms with van der Waals surface area (Å²) in [6.45, 7) is 7.70. The summed E-state index contributed by atoms with van der Waals surface area (Å²) in [7, 11) is 0. The van der Waals surface area contributed by atoms with Crippen molar-refractivity contribution in [2.45, 2.75) is 33.8 Å². The maximum Gasteiger partial charge on any atom is 0.333 e. The van der Waals surface area contributed by atoms with Crippen LogP contribution in [0.3, 0.4) is 0 Å². The molecule has 0 aromatic heterocycles. The summed E-state index contributed by atoms with van der Waals surface area (Å²) < 4.78 is 10.3. The van der Waals surface area contributed by atoms with Crippen LogP contribution in [0.4, 0.5) is 0 Å². The van der Waals surface area contributed by atoms with Crippen LogP contribution in [0.5, 0.6) is 5.75 Å². The zero-order chi connectivity index (χ0) is 17.4. The summed E-state index contributed by atoms with van der Waals surface area (Å²) in [4.78, 5) is 11.8. The van der Waals surface area contributed by atoms with Crippen molar-refractivity contribution in [3.05, 3.63) is 41.0 Å². The van der Waals surface area contributed by atoms with E-state index in [1.807, 2.05) is 13.8 Å². The molecule has 1 aromatic carbocycles. The molecule has 1 aromatic rings. The minimum Gasteiger partial charge on any atom is -0.491 e. The van der Waals surface area contributed by atoms with Crippen LogP contribution >= 0.6 is 0 Å². The van der Waals surface area contributed by atoms with Gasteiger partial charge < -0.3 is 19.7 Å². The summed E-state index contributed by atoms with van der Waals surface area (Å²) in [5.41, 5.74) is 2.07. The third kappa shape index (κ3) is 5.37. The second-order valence-electron chi connectivity index (χ2n) is 5.40. The minimum absolute atomic E-state index is 0.0431. The van der Waals surface area contributed by atoms with Gasteiger partial charge >= 0.3 is 5.97 Å². The number of carbonyl (C=O) groups excluding carboxylic acids is 1. The zero-order valence-electron chi connectivity index (χ0n) is 14.2. The third-order valence-electron chi connectivity index (χ3n) is 3.91. The van der Waals surface area contributed by atoms with Crippen molar-refractivity contribution in [1.82, 2.24) is 0 Å². The fourth-order valence-corrected chi connectivity index (χ4v) is 2.19. The average Bonchev–Trinajstić information content (AvgIpc) is 2.58. The first kappa shape index (κ1) is 19.2. The first-order valence-electron chi connectivity index (χ1n) is 7.78. The van der Waals surface area contributed by atoms with Gasteiger partial charge in [0, 0.05) is 11.5 Å². The summed E-state index contributed by atoms with van der Waals surface area (Å²) in [6.07, 6.45) is -0.730. The van der Waals surface area contributed by atoms with E-state index in [9.17, 15) is 9.90 Å². The highest BCUT2D eigenvalue weighted by Crippen LogP contribution is 2.30. The predicted molar refractivity (Wildman–Crippen MR) is 88.2 cm³/mol. The highest BCUT2D eigenvalue weighted by molar-refractivity contribution is 5.88. The number of ether oxygens (including phenoxy) is 2. The number of rotatable bonds is 8. The number of benzene rings is 1. The number of carbonyl (C=O) groups is 1. The van der Waals surface area contributed by atoms with Crippen LogP contribution in [0.25, 0.3) is 0 Å². The van der Waals surface area contributed by atoms with Gasteiger partial charge in [0.2, 0.25) is 0 Å². The van der Waals surface area contributed by atoms with Crippen LogP contribution in [0, 0.1) is 5.92 Å². The molecule has 0 aliphatic carbocycles. The van der Waals surface area contributed by atoms with Gasteiger partial charge in [-0.15, -0.1) is 0 Å². The molecule has 0 radical (unpaired) electrons. The van der Waals surface area contributed by atoms with Crippen LogP contribution in [0.2, 0.25) is 0 Å². The summed E-state index contributed by atoms with van der Waals surface area (Å²) in [6, 6.07) is 7.05. The number of esters is 1. The molecule has 0 unspecified atom stereocenters. The van der Waals surface area contributed by atoms with Gasteiger partial charge in [0.1, 0.15) is 12.4 Å². The second-order valence-corrected chi connectivity index (χ2v) is 5.40. The van der Waals surface area contributed by atoms with Crippen molar-refractivity contribution in [1.29, 1.82) is 0 Å². The molecule has 23 heavy (non-hydrogen) atoms. The van der Waals surface area contributed by atoms with Crippen molar-refractivity contribution in [2.24, 2.45) is 5.92 Å². The molecule has 5 nitrogen and oxygen atoms in total. The molecular weight excluding hydrogens is 296 g/mol. The zero-order valence-corrected chi connectivity index (χ0v) is 14.2. The Bertz CT molecular complexity index is 533. The molecule has 1 rings (SSSR count). The Morgan fingerprint density at radius 2 is 1.83 bits per heavy atom. The standard InChI is InChI=1S/C18H26O5/c1-5-22-18(21)14(4)12(2)13(3)17(20)15-6-8-16(9-7-15)23-11-10-19/h6-9,13,17,19-20H,5,10-11H2,1-4H3/b14-12+/t13-,17+/m1/s1. The molecule has 0 fully saturated rings. The van der Waals surface area contributed by atoms with E-state index < -0.39 is 6.10 Å². The van der Waals surface area contributed by atoms with Crippen LogP contribution in [0.15, 0.2) is 35.4 Å². The maximum atomic E-state index is 11.8. The van der Waals surface area contributed by atoms with Gasteiger partial charge in [0.15, 0.2) is 0 Å². The van der Waals surface area contributed by atoms with Crippen LogP contribution in [0.1, 0.15) is 39.4 Å². The molecule has 0 heterocycles. The Morgan fingerprint density at radius 3 is 2.35 bits per heavy atom. The van der Waals surface area contributed by atoms with Crippen molar-refractivity contribution >= 4 is 5.97 Å². The largest absolute Gasteiger partial charge is 0.491 e. The number of hydrogen-bond acceptors (Lipinski definition) is 5. The summed E-state index contributed by atoms with van der Waals surface area (Å²) >= 11 is 0. The van der Waals surface area contributed by atoms with Gasteiger partial charge in [-0.3, -0.25) is 0 Å². The molecule has 0 aliphatic rings. The Hall–Kier alpha value is -1.85. The molecule has 5 heteroatoms. The van der Waals surface area contributed by atoms with E-state index in [2.05, 4.69) is 0 Å². The molecule has 0 spiro atoms. The normalized spacial score (nSPS) is 14.7. The highest BCUT2D eigenvalue weighted by Gasteiger charge is 2.21. The monoisotopic (exact) mass is 322 g/mol. The first-order chi connectivity index (χ1) is 10.9. The molecule has 0 aliphatic heterocycles. The Labute approximate surface area is 137 Å². The molecule has 2 atom stereocenters. The Balaban J connectivity index is 2.84. The van der Waals surface area contributed by atoms with E-state index in [-0.39, 0.29) is 25.1 Å². The van der Waals surface area contributed by atoms with Crippen LogP contribution < -0.4 is 4.74 Å².